The van der Waals surface area contributed by atoms with Gasteiger partial charge in [-0.05, 0) is 48.5 Å². The van der Waals surface area contributed by atoms with Crippen LogP contribution in [-0.4, -0.2) is 33.2 Å². The van der Waals surface area contributed by atoms with Gasteiger partial charge in [0.05, 0.1) is 10.5 Å². The number of nitrogens with one attached hydrogen (secondary N) is 1. The molecule has 0 aliphatic heterocycles. The Morgan fingerprint density at radius 3 is 2.17 bits per heavy atom. The summed E-state index contributed by atoms with van der Waals surface area (Å²) in [5, 5.41) is 3.09. The van der Waals surface area contributed by atoms with Crippen molar-refractivity contribution in [1.29, 1.82) is 0 Å². The highest BCUT2D eigenvalue weighted by Crippen LogP contribution is 2.14. The number of anilines is 1. The van der Waals surface area contributed by atoms with Crippen molar-refractivity contribution in [3.05, 3.63) is 59.1 Å². The molecule has 2 aromatic carbocycles. The molecule has 2 rings (SSSR count). The number of hydrogen-bond donors (Lipinski definition) is 1. The Bertz CT molecular complexity index is 845. The smallest absolute Gasteiger partial charge is 0.338 e. The summed E-state index contributed by atoms with van der Waals surface area (Å²) in [6, 6.07) is 11.7. The summed E-state index contributed by atoms with van der Waals surface area (Å²) < 4.78 is 27.6. The van der Waals surface area contributed by atoms with Crippen LogP contribution in [0.5, 0.6) is 0 Å². The predicted molar refractivity (Wildman–Crippen MR) is 89.9 cm³/mol. The second-order valence-corrected chi connectivity index (χ2v) is 7.38. The fraction of sp³-hybridized carbons (Fsp3) is 0.125. The van der Waals surface area contributed by atoms with Crippen molar-refractivity contribution in [2.24, 2.45) is 0 Å². The lowest BCUT2D eigenvalue weighted by Gasteiger charge is -2.07. The zero-order valence-electron chi connectivity index (χ0n) is 12.7. The number of hydrogen-bond acceptors (Lipinski definition) is 5. The maximum atomic E-state index is 11.8. The Balaban J connectivity index is 1.90. The summed E-state index contributed by atoms with van der Waals surface area (Å²) in [7, 11) is -3.33. The molecule has 0 aromatic heterocycles. The third-order valence-corrected chi connectivity index (χ3v) is 4.36. The Labute approximate surface area is 144 Å². The zero-order chi connectivity index (χ0) is 17.7. The van der Waals surface area contributed by atoms with E-state index in [-0.39, 0.29) is 10.5 Å². The highest BCUT2D eigenvalue weighted by atomic mass is 35.5. The first kappa shape index (κ1) is 18.0. The first-order chi connectivity index (χ1) is 11.3. The molecule has 0 radical (unpaired) electrons. The van der Waals surface area contributed by atoms with E-state index in [2.05, 4.69) is 5.32 Å². The molecular weight excluding hydrogens is 354 g/mol. The molecule has 1 amide bonds. The van der Waals surface area contributed by atoms with Crippen LogP contribution in [-0.2, 0) is 19.4 Å². The molecule has 0 saturated carbocycles. The number of amides is 1. The number of ether oxygens (including phenoxy) is 1. The topological polar surface area (TPSA) is 89.5 Å². The van der Waals surface area contributed by atoms with Crippen LogP contribution in [0.1, 0.15) is 10.4 Å². The predicted octanol–water partition coefficient (Wildman–Crippen LogP) is 2.54. The molecule has 2 aromatic rings. The van der Waals surface area contributed by atoms with Crippen molar-refractivity contribution in [1.82, 2.24) is 0 Å². The molecule has 0 aliphatic carbocycles. The molecule has 0 atom stereocenters. The number of halogens is 1. The maximum absolute atomic E-state index is 11.8. The van der Waals surface area contributed by atoms with E-state index >= 15 is 0 Å². The Kier molecular flexibility index (Phi) is 5.58. The van der Waals surface area contributed by atoms with Crippen LogP contribution in [0.4, 0.5) is 5.69 Å². The number of sulfone groups is 1. The van der Waals surface area contributed by atoms with Gasteiger partial charge < -0.3 is 10.1 Å². The molecular formula is C16H14ClNO5S. The molecule has 0 bridgehead atoms. The van der Waals surface area contributed by atoms with Crippen molar-refractivity contribution in [2.75, 3.05) is 18.2 Å². The summed E-state index contributed by atoms with van der Waals surface area (Å²) in [6.07, 6.45) is 1.07. The standard InChI is InChI=1S/C16H14ClNO5S/c1-24(21,22)14-8-2-11(3-9-14)16(20)23-10-15(19)18-13-6-4-12(17)5-7-13/h2-9H,10H2,1H3,(H,18,19). The van der Waals surface area contributed by atoms with Gasteiger partial charge in [-0.3, -0.25) is 4.79 Å². The third kappa shape index (κ3) is 5.07. The number of benzene rings is 2. The Morgan fingerprint density at radius 1 is 1.04 bits per heavy atom. The largest absolute Gasteiger partial charge is 0.452 e. The molecule has 0 fully saturated rings. The van der Waals surface area contributed by atoms with Gasteiger partial charge in [0.25, 0.3) is 5.91 Å². The second kappa shape index (κ2) is 7.46. The average Bonchev–Trinajstić information content (AvgIpc) is 2.54. The van der Waals surface area contributed by atoms with E-state index in [1.165, 1.54) is 24.3 Å². The minimum absolute atomic E-state index is 0.0968. The number of carbonyl (C=O) groups is 2. The molecule has 0 unspecified atom stereocenters. The Hall–Kier alpha value is -2.38. The van der Waals surface area contributed by atoms with E-state index < -0.39 is 28.3 Å². The summed E-state index contributed by atoms with van der Waals surface area (Å²) in [5.41, 5.74) is 0.680. The van der Waals surface area contributed by atoms with Gasteiger partial charge in [0.15, 0.2) is 16.4 Å². The van der Waals surface area contributed by atoms with E-state index in [1.54, 1.807) is 24.3 Å². The van der Waals surface area contributed by atoms with E-state index in [9.17, 15) is 18.0 Å². The van der Waals surface area contributed by atoms with Gasteiger partial charge in [0.1, 0.15) is 0 Å². The van der Waals surface area contributed by atoms with Gasteiger partial charge in [-0.1, -0.05) is 11.6 Å². The monoisotopic (exact) mass is 367 g/mol. The number of carbonyl (C=O) groups excluding carboxylic acids is 2. The fourth-order valence-corrected chi connectivity index (χ4v) is 2.54. The summed E-state index contributed by atoms with van der Waals surface area (Å²) >= 11 is 5.74. The highest BCUT2D eigenvalue weighted by molar-refractivity contribution is 7.90. The molecule has 0 saturated heterocycles. The molecule has 24 heavy (non-hydrogen) atoms. The van der Waals surface area contributed by atoms with Crippen LogP contribution in [0.15, 0.2) is 53.4 Å². The van der Waals surface area contributed by atoms with Crippen molar-refractivity contribution in [3.63, 3.8) is 0 Å². The lowest BCUT2D eigenvalue weighted by molar-refractivity contribution is -0.119. The third-order valence-electron chi connectivity index (χ3n) is 2.98. The quantitative estimate of drug-likeness (QED) is 0.820. The zero-order valence-corrected chi connectivity index (χ0v) is 14.2. The average molecular weight is 368 g/mol. The van der Waals surface area contributed by atoms with Gasteiger partial charge in [-0.2, -0.15) is 0 Å². The minimum atomic E-state index is -3.33. The van der Waals surface area contributed by atoms with Gasteiger partial charge in [0, 0.05) is 17.0 Å². The van der Waals surface area contributed by atoms with E-state index in [0.29, 0.717) is 10.7 Å². The molecule has 126 valence electrons. The SMILES string of the molecule is CS(=O)(=O)c1ccc(C(=O)OCC(=O)Nc2ccc(Cl)cc2)cc1. The first-order valence-electron chi connectivity index (χ1n) is 6.78. The Morgan fingerprint density at radius 2 is 1.62 bits per heavy atom. The summed E-state index contributed by atoms with van der Waals surface area (Å²) in [4.78, 5) is 23.7. The number of esters is 1. The molecule has 1 N–H and O–H groups in total. The molecule has 0 spiro atoms. The summed E-state index contributed by atoms with van der Waals surface area (Å²) in [6.45, 7) is -0.463. The molecule has 0 aliphatic rings. The normalized spacial score (nSPS) is 10.9. The van der Waals surface area contributed by atoms with Gasteiger partial charge in [-0.15, -0.1) is 0 Å². The summed E-state index contributed by atoms with van der Waals surface area (Å²) in [5.74, 6) is -1.22. The van der Waals surface area contributed by atoms with Crippen LogP contribution in [0.2, 0.25) is 5.02 Å². The van der Waals surface area contributed by atoms with Crippen molar-refractivity contribution < 1.29 is 22.7 Å². The maximum Gasteiger partial charge on any atom is 0.338 e. The lowest BCUT2D eigenvalue weighted by atomic mass is 10.2. The number of rotatable bonds is 5. The van der Waals surface area contributed by atoms with Gasteiger partial charge in [0.2, 0.25) is 0 Å². The van der Waals surface area contributed by atoms with E-state index in [4.69, 9.17) is 16.3 Å². The first-order valence-corrected chi connectivity index (χ1v) is 9.05. The lowest BCUT2D eigenvalue weighted by Crippen LogP contribution is -2.20. The van der Waals surface area contributed by atoms with Gasteiger partial charge >= 0.3 is 5.97 Å². The van der Waals surface area contributed by atoms with E-state index in [1.807, 2.05) is 0 Å². The molecule has 6 nitrogen and oxygen atoms in total. The van der Waals surface area contributed by atoms with Gasteiger partial charge in [-0.25, -0.2) is 13.2 Å². The van der Waals surface area contributed by atoms with Crippen LogP contribution in [0.3, 0.4) is 0 Å². The van der Waals surface area contributed by atoms with E-state index in [0.717, 1.165) is 6.26 Å². The van der Waals surface area contributed by atoms with Crippen LogP contribution in [0, 0.1) is 0 Å². The van der Waals surface area contributed by atoms with Crippen LogP contribution in [0.25, 0.3) is 0 Å². The molecule has 0 heterocycles. The molecule has 8 heteroatoms. The van der Waals surface area contributed by atoms with Crippen molar-refractivity contribution in [2.45, 2.75) is 4.90 Å². The minimum Gasteiger partial charge on any atom is -0.452 e. The van der Waals surface area contributed by atoms with Crippen molar-refractivity contribution in [3.8, 4) is 0 Å². The highest BCUT2D eigenvalue weighted by Gasteiger charge is 2.12. The fourth-order valence-electron chi connectivity index (χ4n) is 1.78. The van der Waals surface area contributed by atoms with Crippen LogP contribution < -0.4 is 5.32 Å². The second-order valence-electron chi connectivity index (χ2n) is 4.93. The van der Waals surface area contributed by atoms with Crippen molar-refractivity contribution >= 4 is 39.0 Å². The van der Waals surface area contributed by atoms with Crippen LogP contribution >= 0.6 is 11.6 Å².